The minimum absolute atomic E-state index is 0. The molecule has 1 aliphatic heterocycles. The summed E-state index contributed by atoms with van der Waals surface area (Å²) in [4.78, 5) is 5.00. The number of hydrazone groups is 1. The van der Waals surface area contributed by atoms with Crippen LogP contribution in [0.5, 0.6) is 0 Å². The van der Waals surface area contributed by atoms with Gasteiger partial charge in [-0.2, -0.15) is 34.5 Å². The Hall–Kier alpha value is -3.16. The Balaban J connectivity index is 0.000000220. The Labute approximate surface area is 199 Å². The molecule has 0 fully saturated rings. The van der Waals surface area contributed by atoms with Crippen LogP contribution in [-0.4, -0.2) is 29.4 Å². The standard InChI is InChI=1S/C12H9F2N2.C11H12FN3.Ir/c1-8-7-10(13)15-12(14)11(8)9-5-3-4-6-16(9)2;1-8-6-10(12)4-5-11(8)15-9(2)14(3)7-13-15;/h3-7H,1-2H2;4-7,9H,1-2H2,3H3;/q-1;-2;. The summed E-state index contributed by atoms with van der Waals surface area (Å²) in [6, 6.07) is 10.7. The molecule has 0 spiro atoms. The van der Waals surface area contributed by atoms with Gasteiger partial charge in [0.25, 0.3) is 0 Å². The van der Waals surface area contributed by atoms with Crippen molar-refractivity contribution in [2.75, 3.05) is 12.1 Å². The van der Waals surface area contributed by atoms with Gasteiger partial charge < -0.3 is 21.4 Å². The predicted octanol–water partition coefficient (Wildman–Crippen LogP) is 4.00. The molecule has 0 bridgehead atoms. The summed E-state index contributed by atoms with van der Waals surface area (Å²) in [6.45, 7) is 11.3. The number of hydrogen-bond donors (Lipinski definition) is 0. The van der Waals surface area contributed by atoms with Gasteiger partial charge in [-0.1, -0.05) is 29.8 Å². The fourth-order valence-corrected chi connectivity index (χ4v) is 2.97. The van der Waals surface area contributed by atoms with Gasteiger partial charge in [-0.3, -0.25) is 0 Å². The summed E-state index contributed by atoms with van der Waals surface area (Å²) in [5.74, 6) is -2.05. The third kappa shape index (κ3) is 5.36. The van der Waals surface area contributed by atoms with Crippen LogP contribution in [0.2, 0.25) is 0 Å². The van der Waals surface area contributed by atoms with Crippen molar-refractivity contribution in [1.82, 2.24) is 9.88 Å². The average molecular weight is 617 g/mol. The van der Waals surface area contributed by atoms with Gasteiger partial charge in [-0.05, 0) is 17.9 Å². The molecule has 171 valence electrons. The monoisotopic (exact) mass is 617 g/mol. The zero-order chi connectivity index (χ0) is 22.7. The Morgan fingerprint density at radius 2 is 1.75 bits per heavy atom. The first-order valence-electron chi connectivity index (χ1n) is 9.19. The maximum Gasteiger partial charge on any atom is 0.160 e. The number of anilines is 1. The molecule has 1 unspecified atom stereocenters. The first-order chi connectivity index (χ1) is 14.7. The Kier molecular flexibility index (Phi) is 8.19. The van der Waals surface area contributed by atoms with Gasteiger partial charge in [0.2, 0.25) is 0 Å². The van der Waals surface area contributed by atoms with E-state index in [2.05, 4.69) is 37.9 Å². The molecule has 3 heterocycles. The molecule has 0 saturated heterocycles. The van der Waals surface area contributed by atoms with E-state index in [0.29, 0.717) is 11.3 Å². The number of nitrogens with zero attached hydrogens (tertiary/aromatic N) is 5. The van der Waals surface area contributed by atoms with Crippen molar-refractivity contribution in [3.8, 4) is 11.3 Å². The number of aromatic nitrogens is 2. The second kappa shape index (κ2) is 10.4. The Morgan fingerprint density at radius 1 is 1.03 bits per heavy atom. The zero-order valence-electron chi connectivity index (χ0n) is 17.3. The van der Waals surface area contributed by atoms with Crippen molar-refractivity contribution < 1.29 is 37.8 Å². The molecule has 2 aromatic heterocycles. The predicted molar refractivity (Wildman–Crippen MR) is 114 cm³/mol. The van der Waals surface area contributed by atoms with Crippen molar-refractivity contribution in [2.45, 2.75) is 6.17 Å². The van der Waals surface area contributed by atoms with Crippen molar-refractivity contribution in [1.29, 1.82) is 0 Å². The van der Waals surface area contributed by atoms with E-state index in [-0.39, 0.29) is 43.2 Å². The summed E-state index contributed by atoms with van der Waals surface area (Å²) < 4.78 is 40.7. The Morgan fingerprint density at radius 3 is 2.31 bits per heavy atom. The molecule has 1 aromatic carbocycles. The number of hydrogen-bond acceptors (Lipinski definition) is 4. The smallest absolute Gasteiger partial charge is 0.160 e. The van der Waals surface area contributed by atoms with Crippen LogP contribution in [0.1, 0.15) is 11.1 Å². The number of benzene rings is 1. The molecule has 0 aliphatic carbocycles. The van der Waals surface area contributed by atoms with Crippen LogP contribution in [0.15, 0.2) is 53.8 Å². The van der Waals surface area contributed by atoms with Crippen molar-refractivity contribution >= 4 is 12.0 Å². The van der Waals surface area contributed by atoms with Gasteiger partial charge in [-0.25, -0.2) is 13.8 Å². The largest absolute Gasteiger partial charge is 0.372 e. The first kappa shape index (κ1) is 25.1. The molecule has 9 heteroatoms. The van der Waals surface area contributed by atoms with Crippen LogP contribution in [0.25, 0.3) is 11.3 Å². The molecule has 32 heavy (non-hydrogen) atoms. The maximum atomic E-state index is 13.5. The Bertz CT molecular complexity index is 1100. The van der Waals surface area contributed by atoms with Gasteiger partial charge in [0.15, 0.2) is 11.9 Å². The zero-order valence-corrected chi connectivity index (χ0v) is 19.7. The third-order valence-electron chi connectivity index (χ3n) is 4.62. The van der Waals surface area contributed by atoms with Crippen LogP contribution in [-0.2, 0) is 20.1 Å². The van der Waals surface area contributed by atoms with E-state index in [0.717, 1.165) is 11.8 Å². The number of rotatable bonds is 2. The van der Waals surface area contributed by atoms with E-state index in [1.807, 2.05) is 11.9 Å². The van der Waals surface area contributed by atoms with Crippen LogP contribution in [0, 0.1) is 45.5 Å². The van der Waals surface area contributed by atoms with E-state index in [9.17, 15) is 13.2 Å². The molecule has 1 radical (unpaired) electrons. The SMILES string of the molecule is [CH2-]c1cc(F)ccc1N1N=CN(C)C1[CH2-].[CH2-]c1cc(F)nc(F)c1-c1cccc[n+]1[CH2-].[Ir]. The van der Waals surface area contributed by atoms with E-state index >= 15 is 0 Å². The summed E-state index contributed by atoms with van der Waals surface area (Å²) >= 11 is 0. The van der Waals surface area contributed by atoms with Gasteiger partial charge in [0.05, 0.1) is 17.7 Å². The van der Waals surface area contributed by atoms with Crippen molar-refractivity contribution in [3.05, 3.63) is 105 Å². The summed E-state index contributed by atoms with van der Waals surface area (Å²) in [5, 5.41) is 5.88. The first-order valence-corrected chi connectivity index (χ1v) is 9.19. The molecule has 1 aliphatic rings. The normalized spacial score (nSPS) is 14.6. The fraction of sp³-hybridized carbons (Fsp3) is 0.0870. The number of halogens is 3. The van der Waals surface area contributed by atoms with Gasteiger partial charge >= 0.3 is 0 Å². The third-order valence-corrected chi connectivity index (χ3v) is 4.62. The molecular formula is C23H21F3IrN5-3. The molecule has 0 saturated carbocycles. The fourth-order valence-electron chi connectivity index (χ4n) is 2.97. The molecule has 0 N–H and O–H groups in total. The van der Waals surface area contributed by atoms with E-state index < -0.39 is 11.9 Å². The quantitative estimate of drug-likeness (QED) is 0.248. The van der Waals surface area contributed by atoms with Crippen LogP contribution >= 0.6 is 0 Å². The van der Waals surface area contributed by atoms with E-state index in [1.165, 1.54) is 16.7 Å². The average Bonchev–Trinajstić information content (AvgIpc) is 3.02. The van der Waals surface area contributed by atoms with Gasteiger partial charge in [0.1, 0.15) is 6.34 Å². The maximum absolute atomic E-state index is 13.5. The molecule has 3 aromatic rings. The van der Waals surface area contributed by atoms with Crippen molar-refractivity contribution in [3.63, 3.8) is 0 Å². The van der Waals surface area contributed by atoms with Gasteiger partial charge in [0, 0.05) is 34.2 Å². The molecule has 0 amide bonds. The van der Waals surface area contributed by atoms with Crippen LogP contribution in [0.4, 0.5) is 18.9 Å². The minimum Gasteiger partial charge on any atom is -0.372 e. The molecule has 5 nitrogen and oxygen atoms in total. The molecule has 4 rings (SSSR count). The minimum atomic E-state index is -0.881. The van der Waals surface area contributed by atoms with Crippen LogP contribution in [0.3, 0.4) is 0 Å². The number of pyridine rings is 2. The van der Waals surface area contributed by atoms with E-state index in [1.54, 1.807) is 41.8 Å². The summed E-state index contributed by atoms with van der Waals surface area (Å²) in [7, 11) is 5.58. The van der Waals surface area contributed by atoms with E-state index in [4.69, 9.17) is 0 Å². The second-order valence-corrected chi connectivity index (χ2v) is 6.82. The van der Waals surface area contributed by atoms with Crippen LogP contribution < -0.4 is 9.58 Å². The summed E-state index contributed by atoms with van der Waals surface area (Å²) in [5.41, 5.74) is 2.29. The van der Waals surface area contributed by atoms with Gasteiger partial charge in [-0.15, -0.1) is 12.1 Å². The summed E-state index contributed by atoms with van der Waals surface area (Å²) in [6.07, 6.45) is 3.23. The van der Waals surface area contributed by atoms with Crippen molar-refractivity contribution in [2.24, 2.45) is 5.10 Å². The molecular weight excluding hydrogens is 595 g/mol. The second-order valence-electron chi connectivity index (χ2n) is 6.82. The topological polar surface area (TPSA) is 35.6 Å². The molecule has 1 atom stereocenters.